The van der Waals surface area contributed by atoms with Crippen molar-refractivity contribution in [3.63, 3.8) is 0 Å². The van der Waals surface area contributed by atoms with Gasteiger partial charge >= 0.3 is 0 Å². The maximum atomic E-state index is 13.8. The van der Waals surface area contributed by atoms with Crippen LogP contribution >= 0.6 is 15.9 Å². The van der Waals surface area contributed by atoms with Crippen LogP contribution in [0.1, 0.15) is 11.1 Å². The Hall–Kier alpha value is -1.60. The number of nitrogens with one attached hydrogen (secondary N) is 1. The van der Waals surface area contributed by atoms with Crippen molar-refractivity contribution in [3.8, 4) is 0 Å². The highest BCUT2D eigenvalue weighted by molar-refractivity contribution is 9.10. The normalized spacial score (nSPS) is 11.4. The van der Waals surface area contributed by atoms with Gasteiger partial charge in [0.05, 0.1) is 5.69 Å². The molecule has 0 bridgehead atoms. The average Bonchev–Trinajstić information content (AvgIpc) is 2.35. The molecular weight excluding hydrogens is 359 g/mol. The van der Waals surface area contributed by atoms with Gasteiger partial charge in [0.25, 0.3) is 10.0 Å². The van der Waals surface area contributed by atoms with Crippen molar-refractivity contribution in [2.75, 3.05) is 10.5 Å². The first-order chi connectivity index (χ1) is 9.70. The van der Waals surface area contributed by atoms with Gasteiger partial charge in [-0.25, -0.2) is 12.8 Å². The van der Waals surface area contributed by atoms with Gasteiger partial charge < -0.3 is 5.73 Å². The Kier molecular flexibility index (Phi) is 4.25. The molecule has 0 saturated carbocycles. The van der Waals surface area contributed by atoms with E-state index in [-0.39, 0.29) is 0 Å². The van der Waals surface area contributed by atoms with E-state index in [0.29, 0.717) is 21.4 Å². The van der Waals surface area contributed by atoms with E-state index in [1.165, 1.54) is 12.1 Å². The molecule has 0 saturated heterocycles. The monoisotopic (exact) mass is 372 g/mol. The lowest BCUT2D eigenvalue weighted by molar-refractivity contribution is 0.570. The largest absolute Gasteiger partial charge is 0.399 e. The minimum atomic E-state index is -4.00. The second kappa shape index (κ2) is 5.65. The van der Waals surface area contributed by atoms with E-state index in [0.717, 1.165) is 11.6 Å². The Bertz CT molecular complexity index is 807. The summed E-state index contributed by atoms with van der Waals surface area (Å²) in [5.74, 6) is -0.818. The van der Waals surface area contributed by atoms with Crippen molar-refractivity contribution >= 4 is 37.3 Å². The topological polar surface area (TPSA) is 72.2 Å². The fourth-order valence-electron chi connectivity index (χ4n) is 1.84. The molecule has 3 N–H and O–H groups in total. The number of nitrogen functional groups attached to an aromatic ring is 1. The third kappa shape index (κ3) is 3.36. The minimum absolute atomic E-state index is 0.379. The highest BCUT2D eigenvalue weighted by Crippen LogP contribution is 2.26. The van der Waals surface area contributed by atoms with Crippen LogP contribution in [0.3, 0.4) is 0 Å². The number of aryl methyl sites for hydroxylation is 2. The molecule has 0 fully saturated rings. The van der Waals surface area contributed by atoms with Crippen molar-refractivity contribution in [2.45, 2.75) is 18.7 Å². The SMILES string of the molecule is Cc1cc(NS(=O)(=O)c2ccc(Br)cc2F)c(C)cc1N. The van der Waals surface area contributed by atoms with E-state index in [1.54, 1.807) is 26.0 Å². The molecule has 0 aliphatic rings. The van der Waals surface area contributed by atoms with Gasteiger partial charge in [-0.05, 0) is 55.3 Å². The van der Waals surface area contributed by atoms with Crippen molar-refractivity contribution in [1.82, 2.24) is 0 Å². The van der Waals surface area contributed by atoms with Gasteiger partial charge in [-0.15, -0.1) is 0 Å². The Morgan fingerprint density at radius 3 is 2.43 bits per heavy atom. The van der Waals surface area contributed by atoms with E-state index in [1.807, 2.05) is 0 Å². The maximum Gasteiger partial charge on any atom is 0.264 e. The molecule has 0 spiro atoms. The molecule has 112 valence electrons. The number of hydrogen-bond donors (Lipinski definition) is 2. The number of benzene rings is 2. The molecule has 0 unspecified atom stereocenters. The Morgan fingerprint density at radius 2 is 1.81 bits per heavy atom. The van der Waals surface area contributed by atoms with Crippen LogP contribution < -0.4 is 10.5 Å². The predicted octanol–water partition coefficient (Wildman–Crippen LogP) is 3.59. The fourth-order valence-corrected chi connectivity index (χ4v) is 3.36. The van der Waals surface area contributed by atoms with Crippen LogP contribution in [0.25, 0.3) is 0 Å². The highest BCUT2D eigenvalue weighted by Gasteiger charge is 2.20. The van der Waals surface area contributed by atoms with Crippen molar-refractivity contribution in [1.29, 1.82) is 0 Å². The number of sulfonamides is 1. The van der Waals surface area contributed by atoms with Crippen LogP contribution in [-0.4, -0.2) is 8.42 Å². The van der Waals surface area contributed by atoms with Crippen LogP contribution in [0.15, 0.2) is 39.7 Å². The standard InChI is InChI=1S/C14H14BrFN2O2S/c1-8-6-13(9(2)5-12(8)17)18-21(19,20)14-4-3-10(15)7-11(14)16/h3-7,18H,17H2,1-2H3. The summed E-state index contributed by atoms with van der Waals surface area (Å²) in [7, 11) is -4.00. The summed E-state index contributed by atoms with van der Waals surface area (Å²) in [6.45, 7) is 3.50. The molecule has 0 radical (unpaired) electrons. The van der Waals surface area contributed by atoms with E-state index < -0.39 is 20.7 Å². The first kappa shape index (κ1) is 15.8. The lowest BCUT2D eigenvalue weighted by atomic mass is 10.1. The van der Waals surface area contributed by atoms with E-state index in [2.05, 4.69) is 20.7 Å². The van der Waals surface area contributed by atoms with Gasteiger partial charge in [0.1, 0.15) is 10.7 Å². The molecule has 4 nitrogen and oxygen atoms in total. The summed E-state index contributed by atoms with van der Waals surface area (Å²) in [5, 5.41) is 0. The van der Waals surface area contributed by atoms with E-state index in [4.69, 9.17) is 5.73 Å². The summed E-state index contributed by atoms with van der Waals surface area (Å²) in [6, 6.07) is 7.08. The summed E-state index contributed by atoms with van der Waals surface area (Å²) < 4.78 is 41.3. The summed E-state index contributed by atoms with van der Waals surface area (Å²) in [4.78, 5) is -0.403. The molecular formula is C14H14BrFN2O2S. The van der Waals surface area contributed by atoms with Crippen LogP contribution in [0.4, 0.5) is 15.8 Å². The van der Waals surface area contributed by atoms with Crippen molar-refractivity contribution < 1.29 is 12.8 Å². The Morgan fingerprint density at radius 1 is 1.14 bits per heavy atom. The summed E-state index contributed by atoms with van der Waals surface area (Å²) in [5.41, 5.74) is 8.13. The second-order valence-electron chi connectivity index (χ2n) is 4.70. The number of halogens is 2. The van der Waals surface area contributed by atoms with Gasteiger partial charge in [-0.2, -0.15) is 0 Å². The third-order valence-corrected chi connectivity index (χ3v) is 4.93. The van der Waals surface area contributed by atoms with E-state index >= 15 is 0 Å². The smallest absolute Gasteiger partial charge is 0.264 e. The van der Waals surface area contributed by atoms with Gasteiger partial charge in [-0.1, -0.05) is 15.9 Å². The van der Waals surface area contributed by atoms with Crippen LogP contribution in [0, 0.1) is 19.7 Å². The molecule has 7 heteroatoms. The average molecular weight is 373 g/mol. The minimum Gasteiger partial charge on any atom is -0.399 e. The predicted molar refractivity (Wildman–Crippen MR) is 85.2 cm³/mol. The van der Waals surface area contributed by atoms with Gasteiger partial charge in [0.15, 0.2) is 0 Å². The van der Waals surface area contributed by atoms with Gasteiger partial charge in [0.2, 0.25) is 0 Å². The highest BCUT2D eigenvalue weighted by atomic mass is 79.9. The van der Waals surface area contributed by atoms with Crippen LogP contribution in [0.5, 0.6) is 0 Å². The Balaban J connectivity index is 2.45. The number of rotatable bonds is 3. The first-order valence-electron chi connectivity index (χ1n) is 6.05. The quantitative estimate of drug-likeness (QED) is 0.808. The zero-order chi connectivity index (χ0) is 15.8. The molecule has 2 rings (SSSR count). The molecule has 2 aromatic carbocycles. The lowest BCUT2D eigenvalue weighted by Gasteiger charge is -2.13. The number of hydrogen-bond acceptors (Lipinski definition) is 3. The molecule has 0 aliphatic heterocycles. The van der Waals surface area contributed by atoms with Crippen LogP contribution in [-0.2, 0) is 10.0 Å². The molecule has 2 aromatic rings. The number of anilines is 2. The van der Waals surface area contributed by atoms with Crippen molar-refractivity contribution in [3.05, 3.63) is 51.7 Å². The molecule has 0 aliphatic carbocycles. The van der Waals surface area contributed by atoms with Gasteiger partial charge in [-0.3, -0.25) is 4.72 Å². The second-order valence-corrected chi connectivity index (χ2v) is 7.27. The maximum absolute atomic E-state index is 13.8. The summed E-state index contributed by atoms with van der Waals surface area (Å²) in [6.07, 6.45) is 0. The molecule has 0 aromatic heterocycles. The van der Waals surface area contributed by atoms with E-state index in [9.17, 15) is 12.8 Å². The lowest BCUT2D eigenvalue weighted by Crippen LogP contribution is -2.15. The Labute approximate surface area is 131 Å². The van der Waals surface area contributed by atoms with Gasteiger partial charge in [0, 0.05) is 10.2 Å². The first-order valence-corrected chi connectivity index (χ1v) is 8.33. The fraction of sp³-hybridized carbons (Fsp3) is 0.143. The molecule has 0 heterocycles. The molecule has 21 heavy (non-hydrogen) atoms. The molecule has 0 atom stereocenters. The zero-order valence-corrected chi connectivity index (χ0v) is 13.8. The molecule has 0 amide bonds. The number of nitrogens with two attached hydrogens (primary N) is 1. The van der Waals surface area contributed by atoms with Crippen LogP contribution in [0.2, 0.25) is 0 Å². The summed E-state index contributed by atoms with van der Waals surface area (Å²) >= 11 is 3.09. The third-order valence-electron chi connectivity index (χ3n) is 3.04. The van der Waals surface area contributed by atoms with Crippen molar-refractivity contribution in [2.24, 2.45) is 0 Å². The zero-order valence-electron chi connectivity index (χ0n) is 11.4.